The number of hydrogen-bond donors (Lipinski definition) is 3. The number of rotatable bonds is 10. The van der Waals surface area contributed by atoms with Gasteiger partial charge in [-0.3, -0.25) is 14.9 Å². The van der Waals surface area contributed by atoms with E-state index in [9.17, 15) is 14.4 Å². The molecule has 0 fully saturated rings. The number of urea groups is 1. The maximum atomic E-state index is 11.4. The van der Waals surface area contributed by atoms with Crippen LogP contribution in [0.1, 0.15) is 46.0 Å². The number of nitrogens with one attached hydrogen (secondary N) is 2. The van der Waals surface area contributed by atoms with Crippen molar-refractivity contribution < 1.29 is 19.5 Å². The van der Waals surface area contributed by atoms with Crippen molar-refractivity contribution in [2.45, 2.75) is 52.0 Å². The first-order valence-electron chi connectivity index (χ1n) is 7.32. The van der Waals surface area contributed by atoms with Crippen molar-refractivity contribution in [2.75, 3.05) is 20.1 Å². The Balaban J connectivity index is 3.57. The van der Waals surface area contributed by atoms with Crippen LogP contribution in [0.5, 0.6) is 0 Å². The number of carboxylic acids is 1. The summed E-state index contributed by atoms with van der Waals surface area (Å²) in [5, 5.41) is 13.2. The molecule has 3 amide bonds. The predicted molar refractivity (Wildman–Crippen MR) is 80.0 cm³/mol. The molecule has 0 unspecified atom stereocenters. The number of hydrogen-bond acceptors (Lipinski definition) is 4. The number of carbonyl (C=O) groups excluding carboxylic acids is 2. The van der Waals surface area contributed by atoms with Crippen molar-refractivity contribution in [3.63, 3.8) is 0 Å². The number of carbonyl (C=O) groups is 3. The van der Waals surface area contributed by atoms with Crippen molar-refractivity contribution in [3.05, 3.63) is 0 Å². The number of aliphatic carboxylic acids is 1. The minimum atomic E-state index is -0.946. The third kappa shape index (κ3) is 11.9. The largest absolute Gasteiger partial charge is 0.481 e. The fourth-order valence-electron chi connectivity index (χ4n) is 1.58. The lowest BCUT2D eigenvalue weighted by molar-refractivity contribution is -0.137. The van der Waals surface area contributed by atoms with Gasteiger partial charge in [0.05, 0.1) is 0 Å². The standard InChI is InChI=1S/C14H27N3O4/c1-11(2)17(3)10-5-4-9-15-14(21)16-12(18)7-6-8-13(19)20/h11H,4-10H2,1-3H3,(H,19,20)(H2,15,16,18,21). The second-order valence-electron chi connectivity index (χ2n) is 5.33. The Kier molecular flexibility index (Phi) is 10.2. The summed E-state index contributed by atoms with van der Waals surface area (Å²) < 4.78 is 0. The van der Waals surface area contributed by atoms with Gasteiger partial charge < -0.3 is 15.3 Å². The van der Waals surface area contributed by atoms with Crippen molar-refractivity contribution in [1.82, 2.24) is 15.5 Å². The highest BCUT2D eigenvalue weighted by atomic mass is 16.4. The van der Waals surface area contributed by atoms with E-state index in [4.69, 9.17) is 5.11 Å². The average Bonchev–Trinajstić information content (AvgIpc) is 2.37. The van der Waals surface area contributed by atoms with E-state index in [2.05, 4.69) is 36.4 Å². The molecule has 0 heterocycles. The van der Waals surface area contributed by atoms with Crippen LogP contribution in [0.2, 0.25) is 0 Å². The Morgan fingerprint density at radius 2 is 1.76 bits per heavy atom. The van der Waals surface area contributed by atoms with Gasteiger partial charge in [-0.2, -0.15) is 0 Å². The van der Waals surface area contributed by atoms with Gasteiger partial charge in [0, 0.05) is 25.4 Å². The summed E-state index contributed by atoms with van der Waals surface area (Å²) in [6, 6.07) is -0.0165. The number of nitrogens with zero attached hydrogens (tertiary/aromatic N) is 1. The van der Waals surface area contributed by atoms with Gasteiger partial charge in [0.1, 0.15) is 0 Å². The van der Waals surface area contributed by atoms with Crippen molar-refractivity contribution in [1.29, 1.82) is 0 Å². The van der Waals surface area contributed by atoms with E-state index in [-0.39, 0.29) is 19.3 Å². The summed E-state index contributed by atoms with van der Waals surface area (Å²) >= 11 is 0. The van der Waals surface area contributed by atoms with Gasteiger partial charge in [0.25, 0.3) is 0 Å². The molecular formula is C14H27N3O4. The van der Waals surface area contributed by atoms with Gasteiger partial charge in [0.15, 0.2) is 0 Å². The molecule has 0 saturated heterocycles. The minimum absolute atomic E-state index is 0.0406. The fraction of sp³-hybridized carbons (Fsp3) is 0.786. The Labute approximate surface area is 126 Å². The molecule has 3 N–H and O–H groups in total. The lowest BCUT2D eigenvalue weighted by Crippen LogP contribution is -2.40. The Bertz CT molecular complexity index is 345. The first-order valence-corrected chi connectivity index (χ1v) is 7.32. The van der Waals surface area contributed by atoms with E-state index in [0.29, 0.717) is 12.6 Å². The van der Waals surface area contributed by atoms with Gasteiger partial charge in [0.2, 0.25) is 5.91 Å². The molecule has 0 aliphatic carbocycles. The summed E-state index contributed by atoms with van der Waals surface area (Å²) in [6.45, 7) is 5.73. The van der Waals surface area contributed by atoms with Gasteiger partial charge in [-0.05, 0) is 46.7 Å². The molecule has 122 valence electrons. The van der Waals surface area contributed by atoms with Crippen molar-refractivity contribution in [3.8, 4) is 0 Å². The van der Waals surface area contributed by atoms with Crippen molar-refractivity contribution >= 4 is 17.9 Å². The zero-order chi connectivity index (χ0) is 16.3. The first kappa shape index (κ1) is 19.4. The van der Waals surface area contributed by atoms with Gasteiger partial charge in [-0.25, -0.2) is 4.79 Å². The highest BCUT2D eigenvalue weighted by molar-refractivity contribution is 5.94. The molecule has 0 aromatic heterocycles. The van der Waals surface area contributed by atoms with Crippen LogP contribution in [-0.2, 0) is 9.59 Å². The SMILES string of the molecule is CC(C)N(C)CCCCNC(=O)NC(=O)CCCC(=O)O. The van der Waals surface area contributed by atoms with E-state index >= 15 is 0 Å². The van der Waals surface area contributed by atoms with Crippen LogP contribution in [0.25, 0.3) is 0 Å². The quantitative estimate of drug-likeness (QED) is 0.526. The summed E-state index contributed by atoms with van der Waals surface area (Å²) in [5.74, 6) is -1.40. The maximum Gasteiger partial charge on any atom is 0.321 e. The zero-order valence-electron chi connectivity index (χ0n) is 13.1. The normalized spacial score (nSPS) is 10.7. The van der Waals surface area contributed by atoms with Crippen LogP contribution in [0.15, 0.2) is 0 Å². The van der Waals surface area contributed by atoms with E-state index in [1.807, 2.05) is 0 Å². The molecule has 0 radical (unpaired) electrons. The summed E-state index contributed by atoms with van der Waals surface area (Å²) in [4.78, 5) is 35.2. The van der Waals surface area contributed by atoms with Crippen molar-refractivity contribution in [2.24, 2.45) is 0 Å². The molecule has 0 bridgehead atoms. The van der Waals surface area contributed by atoms with Crippen LogP contribution < -0.4 is 10.6 Å². The van der Waals surface area contributed by atoms with Crippen LogP contribution in [0, 0.1) is 0 Å². The molecule has 0 aliphatic heterocycles. The molecule has 7 heteroatoms. The first-order chi connectivity index (χ1) is 9.82. The molecular weight excluding hydrogens is 274 g/mol. The summed E-state index contributed by atoms with van der Waals surface area (Å²) in [5.41, 5.74) is 0. The van der Waals surface area contributed by atoms with Gasteiger partial charge in [-0.15, -0.1) is 0 Å². The average molecular weight is 301 g/mol. The molecule has 0 aromatic rings. The zero-order valence-corrected chi connectivity index (χ0v) is 13.1. The Hall–Kier alpha value is -1.63. The molecule has 0 spiro atoms. The number of imide groups is 1. The van der Waals surface area contributed by atoms with E-state index in [0.717, 1.165) is 19.4 Å². The monoisotopic (exact) mass is 301 g/mol. The second-order valence-corrected chi connectivity index (χ2v) is 5.33. The highest BCUT2D eigenvalue weighted by Crippen LogP contribution is 1.97. The second kappa shape index (κ2) is 11.1. The topological polar surface area (TPSA) is 98.7 Å². The lowest BCUT2D eigenvalue weighted by atomic mass is 10.2. The fourth-order valence-corrected chi connectivity index (χ4v) is 1.58. The third-order valence-corrected chi connectivity index (χ3v) is 3.15. The highest BCUT2D eigenvalue weighted by Gasteiger charge is 2.08. The predicted octanol–water partition coefficient (Wildman–Crippen LogP) is 1.19. The molecule has 7 nitrogen and oxygen atoms in total. The molecule has 0 rings (SSSR count). The van der Waals surface area contributed by atoms with E-state index in [1.54, 1.807) is 0 Å². The molecule has 0 atom stereocenters. The van der Waals surface area contributed by atoms with Crippen LogP contribution >= 0.6 is 0 Å². The minimum Gasteiger partial charge on any atom is -0.481 e. The van der Waals surface area contributed by atoms with E-state index < -0.39 is 17.9 Å². The molecule has 0 saturated carbocycles. The molecule has 21 heavy (non-hydrogen) atoms. The smallest absolute Gasteiger partial charge is 0.321 e. The van der Waals surface area contributed by atoms with Crippen LogP contribution in [-0.4, -0.2) is 54.1 Å². The molecule has 0 aliphatic rings. The summed E-state index contributed by atoms with van der Waals surface area (Å²) in [7, 11) is 2.06. The van der Waals surface area contributed by atoms with Gasteiger partial charge in [-0.1, -0.05) is 0 Å². The third-order valence-electron chi connectivity index (χ3n) is 3.15. The maximum absolute atomic E-state index is 11.4. The Morgan fingerprint density at radius 3 is 2.33 bits per heavy atom. The van der Waals surface area contributed by atoms with E-state index in [1.165, 1.54) is 0 Å². The number of amides is 3. The number of unbranched alkanes of at least 4 members (excludes halogenated alkanes) is 1. The lowest BCUT2D eigenvalue weighted by Gasteiger charge is -2.20. The summed E-state index contributed by atoms with van der Waals surface area (Å²) in [6.07, 6.45) is 2.02. The van der Waals surface area contributed by atoms with Crippen LogP contribution in [0.3, 0.4) is 0 Å². The van der Waals surface area contributed by atoms with Crippen LogP contribution in [0.4, 0.5) is 4.79 Å². The molecule has 0 aromatic carbocycles. The van der Waals surface area contributed by atoms with Gasteiger partial charge >= 0.3 is 12.0 Å². The Morgan fingerprint density at radius 1 is 1.10 bits per heavy atom. The number of carboxylic acid groups (broad SMARTS) is 1.